The minimum atomic E-state index is 0. The molecule has 0 aliphatic carbocycles. The zero-order chi connectivity index (χ0) is 8.57. The maximum Gasteiger partial charge on any atom is 2.00 e. The van der Waals surface area contributed by atoms with Crippen LogP contribution in [-0.4, -0.2) is 12.1 Å². The van der Waals surface area contributed by atoms with Crippen LogP contribution in [-0.2, 0) is 20.4 Å². The Morgan fingerprint density at radius 3 is 1.00 bits per heavy atom. The monoisotopic (exact) mass is 252 g/mol. The van der Waals surface area contributed by atoms with Crippen molar-refractivity contribution in [3.05, 3.63) is 13.1 Å². The van der Waals surface area contributed by atoms with Gasteiger partial charge in [0, 0.05) is 0 Å². The van der Waals surface area contributed by atoms with Crippen LogP contribution >= 0.6 is 0 Å². The number of nitrogens with two attached hydrogens (primary N) is 4. The molecule has 0 aliphatic heterocycles. The first-order valence-corrected chi connectivity index (χ1v) is 3.15. The number of hydrogen-bond donors (Lipinski definition) is 4. The number of hydrogen-bond acceptors (Lipinski definition) is 4. The second kappa shape index (κ2) is 13.1. The smallest absolute Gasteiger partial charge is 0.482 e. The molecule has 72 valence electrons. The van der Waals surface area contributed by atoms with Crippen molar-refractivity contribution in [2.75, 3.05) is 0 Å². The van der Waals surface area contributed by atoms with Gasteiger partial charge in [0.2, 0.25) is 0 Å². The minimum absolute atomic E-state index is 0. The molecule has 0 saturated heterocycles. The van der Waals surface area contributed by atoms with Crippen molar-refractivity contribution in [3.8, 4) is 0 Å². The first-order chi connectivity index (χ1) is 4.54. The van der Waals surface area contributed by atoms with Gasteiger partial charge in [-0.15, -0.1) is 12.1 Å². The van der Waals surface area contributed by atoms with Crippen LogP contribution < -0.4 is 22.9 Å². The third kappa shape index (κ3) is 37.5. The van der Waals surface area contributed by atoms with Crippen LogP contribution in [0.4, 0.5) is 0 Å². The normalized spacial score (nSPS) is 13.6. The second-order valence-corrected chi connectivity index (χ2v) is 2.10. The summed E-state index contributed by atoms with van der Waals surface area (Å²) in [6, 6.07) is 0.0741. The van der Waals surface area contributed by atoms with E-state index in [0.29, 0.717) is 0 Å². The topological polar surface area (TPSA) is 104 Å². The van der Waals surface area contributed by atoms with Crippen LogP contribution in [0, 0.1) is 13.1 Å². The Morgan fingerprint density at radius 1 is 0.909 bits per heavy atom. The molecule has 0 aromatic carbocycles. The Hall–Kier alpha value is 0.502. The van der Waals surface area contributed by atoms with Crippen LogP contribution in [0.3, 0.4) is 0 Å². The summed E-state index contributed by atoms with van der Waals surface area (Å²) in [5.74, 6) is 0. The van der Waals surface area contributed by atoms with E-state index in [1.807, 2.05) is 13.8 Å². The molecule has 4 nitrogen and oxygen atoms in total. The maximum atomic E-state index is 5.11. The molecule has 0 heterocycles. The van der Waals surface area contributed by atoms with Gasteiger partial charge in [0.05, 0.1) is 0 Å². The molecule has 5 heteroatoms. The summed E-state index contributed by atoms with van der Waals surface area (Å²) in [4.78, 5) is 0. The fourth-order valence-electron chi connectivity index (χ4n) is 0. The predicted octanol–water partition coefficient (Wildman–Crippen LogP) is -1.09. The van der Waals surface area contributed by atoms with E-state index in [1.165, 1.54) is 13.1 Å². The quantitative estimate of drug-likeness (QED) is 0.370. The maximum absolute atomic E-state index is 5.11. The first-order valence-electron chi connectivity index (χ1n) is 3.15. The van der Waals surface area contributed by atoms with Gasteiger partial charge < -0.3 is 22.9 Å². The third-order valence-corrected chi connectivity index (χ3v) is 0.607. The fourth-order valence-corrected chi connectivity index (χ4v) is 0. The van der Waals surface area contributed by atoms with Gasteiger partial charge in [-0.1, -0.05) is 13.8 Å². The summed E-state index contributed by atoms with van der Waals surface area (Å²) in [6.45, 7) is 6.53. The van der Waals surface area contributed by atoms with Crippen molar-refractivity contribution >= 4 is 0 Å². The number of rotatable bonds is 2. The molecule has 8 N–H and O–H groups in total. The van der Waals surface area contributed by atoms with Crippen LogP contribution in [0.1, 0.15) is 13.8 Å². The van der Waals surface area contributed by atoms with Crippen molar-refractivity contribution in [3.63, 3.8) is 0 Å². The summed E-state index contributed by atoms with van der Waals surface area (Å²) in [5, 5.41) is 0. The van der Waals surface area contributed by atoms with E-state index in [1.54, 1.807) is 0 Å². The predicted molar refractivity (Wildman–Crippen MR) is 44.3 cm³/mol. The molecule has 0 aromatic rings. The van der Waals surface area contributed by atoms with Crippen molar-refractivity contribution in [2.45, 2.75) is 25.9 Å². The fraction of sp³-hybridized carbons (Fsp3) is 0.667. The molecule has 0 saturated carbocycles. The second-order valence-electron chi connectivity index (χ2n) is 2.10. The Kier molecular flexibility index (Phi) is 20.9. The largest absolute Gasteiger partial charge is 2.00 e. The summed E-state index contributed by atoms with van der Waals surface area (Å²) in [7, 11) is 0. The Labute approximate surface area is 82.7 Å². The average molecular weight is 253 g/mol. The van der Waals surface area contributed by atoms with Crippen molar-refractivity contribution in [1.82, 2.24) is 0 Å². The Bertz CT molecular complexity index is 50.5. The van der Waals surface area contributed by atoms with Gasteiger partial charge in [0.25, 0.3) is 0 Å². The molecule has 11 heavy (non-hydrogen) atoms. The molecule has 0 fully saturated rings. The van der Waals surface area contributed by atoms with Crippen LogP contribution in [0.15, 0.2) is 0 Å². The Balaban J connectivity index is -0.000000107. The molecule has 0 rings (SSSR count). The van der Waals surface area contributed by atoms with Gasteiger partial charge in [-0.05, 0) is 0 Å². The van der Waals surface area contributed by atoms with E-state index < -0.39 is 0 Å². The summed E-state index contributed by atoms with van der Waals surface area (Å²) in [5.41, 5.74) is 20.1. The third-order valence-electron chi connectivity index (χ3n) is 0.607. The van der Waals surface area contributed by atoms with E-state index in [9.17, 15) is 0 Å². The standard InChI is InChI=1S/2C3H9N2.Pd/c2*1-3(5)2-4;/h2*2-3H,4-5H2,1H3;/q2*-1;+2. The Morgan fingerprint density at radius 2 is 1.00 bits per heavy atom. The molecule has 0 aliphatic rings. The molecular formula is C6H18N4Pd. The van der Waals surface area contributed by atoms with Gasteiger partial charge in [-0.25, -0.2) is 0 Å². The van der Waals surface area contributed by atoms with Crippen LogP contribution in [0.5, 0.6) is 0 Å². The average Bonchev–Trinajstić information content (AvgIpc) is 1.89. The molecule has 2 atom stereocenters. The molecule has 0 amide bonds. The molecule has 2 unspecified atom stereocenters. The zero-order valence-electron chi connectivity index (χ0n) is 6.94. The van der Waals surface area contributed by atoms with Gasteiger partial charge in [-0.3, -0.25) is 13.1 Å². The summed E-state index contributed by atoms with van der Waals surface area (Å²) < 4.78 is 0. The minimum Gasteiger partial charge on any atom is -0.482 e. The van der Waals surface area contributed by atoms with Crippen LogP contribution in [0.25, 0.3) is 0 Å². The molecule has 0 bridgehead atoms. The van der Waals surface area contributed by atoms with Crippen molar-refractivity contribution < 1.29 is 20.4 Å². The van der Waals surface area contributed by atoms with Crippen molar-refractivity contribution in [1.29, 1.82) is 0 Å². The zero-order valence-corrected chi connectivity index (χ0v) is 8.49. The van der Waals surface area contributed by atoms with E-state index in [-0.39, 0.29) is 32.5 Å². The SMILES string of the molecule is CC(N)[CH-]N.CC(N)[CH-]N.[Pd+2]. The van der Waals surface area contributed by atoms with Gasteiger partial charge in [0.15, 0.2) is 0 Å². The summed E-state index contributed by atoms with van der Waals surface area (Å²) in [6.07, 6.45) is 0. The van der Waals surface area contributed by atoms with E-state index in [4.69, 9.17) is 22.9 Å². The van der Waals surface area contributed by atoms with Gasteiger partial charge in [0.1, 0.15) is 0 Å². The molecule has 0 radical (unpaired) electrons. The van der Waals surface area contributed by atoms with Crippen LogP contribution in [0.2, 0.25) is 0 Å². The van der Waals surface area contributed by atoms with E-state index in [0.717, 1.165) is 0 Å². The van der Waals surface area contributed by atoms with E-state index >= 15 is 0 Å². The molecule has 0 aromatic heterocycles. The molecule has 0 spiro atoms. The molecular weight excluding hydrogens is 235 g/mol. The van der Waals surface area contributed by atoms with Crippen molar-refractivity contribution in [2.24, 2.45) is 22.9 Å². The first kappa shape index (κ1) is 17.6. The van der Waals surface area contributed by atoms with Gasteiger partial charge >= 0.3 is 20.4 Å². The van der Waals surface area contributed by atoms with Gasteiger partial charge in [-0.2, -0.15) is 0 Å². The van der Waals surface area contributed by atoms with E-state index in [2.05, 4.69) is 0 Å². The summed E-state index contributed by atoms with van der Waals surface area (Å²) >= 11 is 0.